The summed E-state index contributed by atoms with van der Waals surface area (Å²) in [5.74, 6) is -0.117. The van der Waals surface area contributed by atoms with Gasteiger partial charge in [0.25, 0.3) is 5.91 Å². The monoisotopic (exact) mass is 362 g/mol. The van der Waals surface area contributed by atoms with Gasteiger partial charge in [0.05, 0.1) is 5.69 Å². The summed E-state index contributed by atoms with van der Waals surface area (Å²) in [5, 5.41) is 4.39. The Morgan fingerprint density at radius 1 is 0.962 bits per heavy atom. The first-order valence-electron chi connectivity index (χ1n) is 8.07. The van der Waals surface area contributed by atoms with Crippen molar-refractivity contribution in [3.63, 3.8) is 0 Å². The quantitative estimate of drug-likeness (QED) is 0.559. The van der Waals surface area contributed by atoms with Gasteiger partial charge in [0.2, 0.25) is 0 Å². The number of hydrogen-bond acceptors (Lipinski definition) is 3. The zero-order valence-electron chi connectivity index (χ0n) is 13.8. The van der Waals surface area contributed by atoms with Crippen LogP contribution in [0.4, 0.5) is 0 Å². The molecule has 5 nitrogen and oxygen atoms in total. The van der Waals surface area contributed by atoms with Crippen molar-refractivity contribution < 1.29 is 4.79 Å². The van der Waals surface area contributed by atoms with E-state index in [1.54, 1.807) is 16.6 Å². The van der Waals surface area contributed by atoms with Gasteiger partial charge >= 0.3 is 0 Å². The summed E-state index contributed by atoms with van der Waals surface area (Å²) in [7, 11) is 0. The molecule has 0 unspecified atom stereocenters. The molecule has 0 saturated heterocycles. The van der Waals surface area contributed by atoms with E-state index in [1.165, 1.54) is 0 Å². The summed E-state index contributed by atoms with van der Waals surface area (Å²) >= 11 is 5.89. The van der Waals surface area contributed by atoms with Crippen molar-refractivity contribution in [3.05, 3.63) is 78.0 Å². The van der Waals surface area contributed by atoms with Crippen molar-refractivity contribution in [2.45, 2.75) is 5.88 Å². The number of hydrogen-bond donors (Lipinski definition) is 1. The molecule has 2 heterocycles. The predicted octanol–water partition coefficient (Wildman–Crippen LogP) is 3.90. The molecule has 0 spiro atoms. The van der Waals surface area contributed by atoms with E-state index >= 15 is 0 Å². The number of aromatic nitrogens is 3. The lowest BCUT2D eigenvalue weighted by Crippen LogP contribution is -2.14. The molecule has 26 heavy (non-hydrogen) atoms. The standard InChI is InChI=1S/C20H15ClN4O/c21-12-13-6-8-14(9-7-13)18-19(15-4-2-1-3-5-15)25-17(23-18)11-10-16(24-25)20(22)26/h1-11H,12H2,(H2,22,26). The van der Waals surface area contributed by atoms with E-state index in [9.17, 15) is 4.79 Å². The van der Waals surface area contributed by atoms with Crippen LogP contribution in [-0.2, 0) is 5.88 Å². The number of carbonyl (C=O) groups excluding carboxylic acids is 1. The number of halogens is 1. The second kappa shape index (κ2) is 6.61. The molecule has 1 amide bonds. The number of nitrogens with zero attached hydrogens (tertiary/aromatic N) is 3. The first kappa shape index (κ1) is 16.3. The fraction of sp³-hybridized carbons (Fsp3) is 0.0500. The normalized spacial score (nSPS) is 11.0. The Hall–Kier alpha value is -3.18. The number of nitrogens with two attached hydrogens (primary N) is 1. The molecule has 4 rings (SSSR count). The third kappa shape index (κ3) is 2.82. The van der Waals surface area contributed by atoms with Crippen molar-refractivity contribution >= 4 is 23.2 Å². The molecule has 0 radical (unpaired) electrons. The largest absolute Gasteiger partial charge is 0.364 e. The van der Waals surface area contributed by atoms with Gasteiger partial charge in [0.15, 0.2) is 5.65 Å². The fourth-order valence-corrected chi connectivity index (χ4v) is 3.05. The molecule has 128 valence electrons. The molecule has 2 N–H and O–H groups in total. The van der Waals surface area contributed by atoms with E-state index in [0.29, 0.717) is 11.5 Å². The van der Waals surface area contributed by atoms with Crippen LogP contribution in [-0.4, -0.2) is 20.5 Å². The van der Waals surface area contributed by atoms with Crippen LogP contribution in [0.15, 0.2) is 66.7 Å². The van der Waals surface area contributed by atoms with Crippen LogP contribution in [0.1, 0.15) is 16.1 Å². The predicted molar refractivity (Wildman–Crippen MR) is 102 cm³/mol. The Morgan fingerprint density at radius 2 is 1.69 bits per heavy atom. The molecule has 0 atom stereocenters. The highest BCUT2D eigenvalue weighted by Gasteiger charge is 2.18. The molecule has 0 bridgehead atoms. The van der Waals surface area contributed by atoms with E-state index in [1.807, 2.05) is 54.6 Å². The first-order chi connectivity index (χ1) is 12.7. The van der Waals surface area contributed by atoms with Crippen LogP contribution in [0.3, 0.4) is 0 Å². The van der Waals surface area contributed by atoms with Gasteiger partial charge < -0.3 is 5.73 Å². The molecular formula is C20H15ClN4O. The highest BCUT2D eigenvalue weighted by atomic mass is 35.5. The topological polar surface area (TPSA) is 73.3 Å². The second-order valence-corrected chi connectivity index (χ2v) is 6.13. The lowest BCUT2D eigenvalue weighted by Gasteiger charge is -2.06. The maximum absolute atomic E-state index is 11.6. The van der Waals surface area contributed by atoms with Crippen molar-refractivity contribution in [3.8, 4) is 22.5 Å². The third-order valence-electron chi connectivity index (χ3n) is 4.16. The highest BCUT2D eigenvalue weighted by molar-refractivity contribution is 6.17. The van der Waals surface area contributed by atoms with Crippen molar-refractivity contribution in [1.29, 1.82) is 0 Å². The molecule has 0 aliphatic heterocycles. The summed E-state index contributed by atoms with van der Waals surface area (Å²) in [5.41, 5.74) is 10.8. The number of fused-ring (bicyclic) bond motifs is 1. The first-order valence-corrected chi connectivity index (χ1v) is 8.61. The van der Waals surface area contributed by atoms with Crippen molar-refractivity contribution in [1.82, 2.24) is 14.6 Å². The van der Waals surface area contributed by atoms with Gasteiger partial charge in [-0.15, -0.1) is 11.6 Å². The number of rotatable bonds is 4. The van der Waals surface area contributed by atoms with Gasteiger partial charge in [-0.25, -0.2) is 9.50 Å². The van der Waals surface area contributed by atoms with Crippen LogP contribution in [0.2, 0.25) is 0 Å². The van der Waals surface area contributed by atoms with Crippen LogP contribution < -0.4 is 5.73 Å². The zero-order valence-corrected chi connectivity index (χ0v) is 14.5. The van der Waals surface area contributed by atoms with Crippen LogP contribution in [0.25, 0.3) is 28.2 Å². The van der Waals surface area contributed by atoms with E-state index in [2.05, 4.69) is 5.10 Å². The highest BCUT2D eigenvalue weighted by Crippen LogP contribution is 2.32. The minimum absolute atomic E-state index is 0.191. The van der Waals surface area contributed by atoms with Gasteiger partial charge in [0.1, 0.15) is 11.4 Å². The molecule has 4 aromatic rings. The minimum Gasteiger partial charge on any atom is -0.364 e. The van der Waals surface area contributed by atoms with E-state index in [4.69, 9.17) is 22.3 Å². The lowest BCUT2D eigenvalue weighted by atomic mass is 10.0. The van der Waals surface area contributed by atoms with Crippen LogP contribution in [0, 0.1) is 0 Å². The maximum Gasteiger partial charge on any atom is 0.269 e. The van der Waals surface area contributed by atoms with Gasteiger partial charge in [0, 0.05) is 17.0 Å². The number of alkyl halides is 1. The van der Waals surface area contributed by atoms with Gasteiger partial charge in [-0.3, -0.25) is 4.79 Å². The van der Waals surface area contributed by atoms with Crippen molar-refractivity contribution in [2.75, 3.05) is 0 Å². The van der Waals surface area contributed by atoms with E-state index in [0.717, 1.165) is 28.1 Å². The second-order valence-electron chi connectivity index (χ2n) is 5.86. The summed E-state index contributed by atoms with van der Waals surface area (Å²) in [6.07, 6.45) is 0. The summed E-state index contributed by atoms with van der Waals surface area (Å²) < 4.78 is 1.67. The third-order valence-corrected chi connectivity index (χ3v) is 4.47. The van der Waals surface area contributed by atoms with Gasteiger partial charge in [-0.2, -0.15) is 5.10 Å². The fourth-order valence-electron chi connectivity index (χ4n) is 2.87. The SMILES string of the molecule is NC(=O)c1ccc2nc(-c3ccc(CCl)cc3)c(-c3ccccc3)n2n1. The number of imidazole rings is 1. The molecule has 0 aliphatic rings. The Kier molecular flexibility index (Phi) is 4.14. The lowest BCUT2D eigenvalue weighted by molar-refractivity contribution is 0.0994. The molecular weight excluding hydrogens is 348 g/mol. The van der Waals surface area contributed by atoms with Crippen LogP contribution >= 0.6 is 11.6 Å². The van der Waals surface area contributed by atoms with E-state index in [-0.39, 0.29) is 5.69 Å². The summed E-state index contributed by atoms with van der Waals surface area (Å²) in [4.78, 5) is 16.3. The number of benzene rings is 2. The molecule has 2 aromatic heterocycles. The number of amides is 1. The Balaban J connectivity index is 2.00. The molecule has 2 aromatic carbocycles. The Bertz CT molecular complexity index is 1090. The molecule has 0 fully saturated rings. The zero-order chi connectivity index (χ0) is 18.1. The molecule has 0 aliphatic carbocycles. The van der Waals surface area contributed by atoms with E-state index < -0.39 is 5.91 Å². The minimum atomic E-state index is -0.576. The summed E-state index contributed by atoms with van der Waals surface area (Å²) in [6, 6.07) is 21.1. The molecule has 6 heteroatoms. The van der Waals surface area contributed by atoms with Gasteiger partial charge in [-0.1, -0.05) is 54.6 Å². The van der Waals surface area contributed by atoms with Crippen molar-refractivity contribution in [2.24, 2.45) is 5.73 Å². The molecule has 0 saturated carbocycles. The van der Waals surface area contributed by atoms with Crippen LogP contribution in [0.5, 0.6) is 0 Å². The maximum atomic E-state index is 11.6. The Labute approximate surface area is 155 Å². The number of carbonyl (C=O) groups is 1. The smallest absolute Gasteiger partial charge is 0.269 e. The Morgan fingerprint density at radius 3 is 2.35 bits per heavy atom. The average Bonchev–Trinajstić information content (AvgIpc) is 3.07. The number of primary amides is 1. The van der Waals surface area contributed by atoms with Gasteiger partial charge in [-0.05, 0) is 17.7 Å². The summed E-state index contributed by atoms with van der Waals surface area (Å²) in [6.45, 7) is 0. The average molecular weight is 363 g/mol.